The van der Waals surface area contributed by atoms with Gasteiger partial charge in [0.05, 0.1) is 18.4 Å². The first-order valence-corrected chi connectivity index (χ1v) is 10.7. The van der Waals surface area contributed by atoms with E-state index >= 15 is 0 Å². The van der Waals surface area contributed by atoms with Gasteiger partial charge in [0, 0.05) is 6.42 Å². The first-order chi connectivity index (χ1) is 13.2. The highest BCUT2D eigenvalue weighted by atomic mass is 16.5. The van der Waals surface area contributed by atoms with Crippen LogP contribution >= 0.6 is 0 Å². The van der Waals surface area contributed by atoms with Crippen LogP contribution in [0.1, 0.15) is 59.3 Å². The summed E-state index contributed by atoms with van der Waals surface area (Å²) in [7, 11) is 0. The molecule has 2 unspecified atom stereocenters. The van der Waals surface area contributed by atoms with Gasteiger partial charge in [-0.3, -0.25) is 9.59 Å². The monoisotopic (exact) mass is 390 g/mol. The summed E-state index contributed by atoms with van der Waals surface area (Å²) in [6.45, 7) is 6.26. The van der Waals surface area contributed by atoms with Crippen LogP contribution in [0.25, 0.3) is 0 Å². The van der Waals surface area contributed by atoms with E-state index in [1.165, 1.54) is 5.57 Å². The van der Waals surface area contributed by atoms with Crippen LogP contribution in [0, 0.1) is 35.5 Å². The molecule has 1 heterocycles. The maximum atomic E-state index is 11.6. The Morgan fingerprint density at radius 1 is 1.29 bits per heavy atom. The first-order valence-electron chi connectivity index (χ1n) is 10.7. The molecule has 156 valence electrons. The van der Waals surface area contributed by atoms with E-state index in [0.29, 0.717) is 42.4 Å². The highest BCUT2D eigenvalue weighted by molar-refractivity contribution is 5.71. The van der Waals surface area contributed by atoms with Gasteiger partial charge in [0.25, 0.3) is 0 Å². The van der Waals surface area contributed by atoms with E-state index in [-0.39, 0.29) is 24.4 Å². The molecule has 5 heteroatoms. The zero-order chi connectivity index (χ0) is 20.4. The third-order valence-corrected chi connectivity index (χ3v) is 6.91. The average Bonchev–Trinajstić information content (AvgIpc) is 2.60. The molecule has 8 atom stereocenters. The van der Waals surface area contributed by atoms with E-state index in [1.54, 1.807) is 0 Å². The number of cyclic esters (lactones) is 1. The summed E-state index contributed by atoms with van der Waals surface area (Å²) in [5.41, 5.74) is 1.35. The summed E-state index contributed by atoms with van der Waals surface area (Å²) in [4.78, 5) is 23.1. The third kappa shape index (κ3) is 4.86. The molecule has 0 saturated carbocycles. The molecule has 0 amide bonds. The lowest BCUT2D eigenvalue weighted by molar-refractivity contribution is -0.160. The largest absolute Gasteiger partial charge is 0.481 e. The van der Waals surface area contributed by atoms with Gasteiger partial charge in [-0.1, -0.05) is 39.0 Å². The van der Waals surface area contributed by atoms with Crippen LogP contribution in [0.3, 0.4) is 0 Å². The third-order valence-electron chi connectivity index (χ3n) is 6.91. The highest BCUT2D eigenvalue weighted by Gasteiger charge is 2.40. The van der Waals surface area contributed by atoms with Crippen LogP contribution in [0.15, 0.2) is 23.8 Å². The minimum absolute atomic E-state index is 0.0988. The van der Waals surface area contributed by atoms with E-state index in [0.717, 1.165) is 19.3 Å². The quantitative estimate of drug-likeness (QED) is 0.671. The van der Waals surface area contributed by atoms with Gasteiger partial charge in [-0.25, -0.2) is 0 Å². The molecule has 1 aliphatic heterocycles. The Kier molecular flexibility index (Phi) is 6.64. The number of aliphatic hydroxyl groups excluding tert-OH is 1. The number of allylic oxidation sites excluding steroid dienone is 4. The van der Waals surface area contributed by atoms with E-state index in [9.17, 15) is 19.8 Å². The van der Waals surface area contributed by atoms with Crippen LogP contribution in [0.2, 0.25) is 0 Å². The Labute approximate surface area is 167 Å². The zero-order valence-corrected chi connectivity index (χ0v) is 17.2. The van der Waals surface area contributed by atoms with Gasteiger partial charge in [-0.15, -0.1) is 0 Å². The SMILES string of the molecule is CC1C=C2C=C[C@H](C)[C@H](CC[C@@H]3C[C@@H](O)CC(=O)O3)[C@H]2C(C[C@H](C)C(=O)O)C1. The molecule has 5 nitrogen and oxygen atoms in total. The van der Waals surface area contributed by atoms with Crippen molar-refractivity contribution in [1.82, 2.24) is 0 Å². The van der Waals surface area contributed by atoms with Gasteiger partial charge in [-0.05, 0) is 60.8 Å². The molecular weight excluding hydrogens is 356 g/mol. The first kappa shape index (κ1) is 21.1. The summed E-state index contributed by atoms with van der Waals surface area (Å²) in [6, 6.07) is 0. The van der Waals surface area contributed by atoms with Crippen molar-refractivity contribution in [1.29, 1.82) is 0 Å². The number of esters is 1. The van der Waals surface area contributed by atoms with Crippen molar-refractivity contribution in [3.05, 3.63) is 23.8 Å². The number of hydrogen-bond donors (Lipinski definition) is 2. The van der Waals surface area contributed by atoms with E-state index in [1.807, 2.05) is 6.92 Å². The molecule has 1 saturated heterocycles. The Balaban J connectivity index is 1.74. The highest BCUT2D eigenvalue weighted by Crippen LogP contribution is 2.48. The molecule has 2 N–H and O–H groups in total. The lowest BCUT2D eigenvalue weighted by Gasteiger charge is -2.44. The number of carboxylic acid groups (broad SMARTS) is 1. The summed E-state index contributed by atoms with van der Waals surface area (Å²) in [5.74, 6) is 0.636. The Hall–Kier alpha value is -1.62. The number of carbonyl (C=O) groups excluding carboxylic acids is 1. The average molecular weight is 391 g/mol. The van der Waals surface area contributed by atoms with Gasteiger partial charge < -0.3 is 14.9 Å². The van der Waals surface area contributed by atoms with Gasteiger partial charge in [-0.2, -0.15) is 0 Å². The second kappa shape index (κ2) is 8.81. The Bertz CT molecular complexity index is 651. The smallest absolute Gasteiger partial charge is 0.308 e. The van der Waals surface area contributed by atoms with Crippen molar-refractivity contribution in [2.75, 3.05) is 0 Å². The van der Waals surface area contributed by atoms with E-state index in [4.69, 9.17) is 4.74 Å². The minimum atomic E-state index is -0.720. The molecule has 0 bridgehead atoms. The van der Waals surface area contributed by atoms with Crippen LogP contribution in [0.5, 0.6) is 0 Å². The predicted molar refractivity (Wildman–Crippen MR) is 106 cm³/mol. The Morgan fingerprint density at radius 2 is 2.04 bits per heavy atom. The molecule has 2 aliphatic carbocycles. The van der Waals surface area contributed by atoms with Gasteiger partial charge in [0.1, 0.15) is 6.10 Å². The summed E-state index contributed by atoms with van der Waals surface area (Å²) < 4.78 is 5.45. The van der Waals surface area contributed by atoms with Crippen molar-refractivity contribution < 1.29 is 24.5 Å². The van der Waals surface area contributed by atoms with E-state index in [2.05, 4.69) is 32.1 Å². The van der Waals surface area contributed by atoms with Gasteiger partial charge in [0.15, 0.2) is 0 Å². The number of hydrogen-bond acceptors (Lipinski definition) is 4. The second-order valence-corrected chi connectivity index (χ2v) is 9.31. The van der Waals surface area contributed by atoms with E-state index < -0.39 is 12.1 Å². The summed E-state index contributed by atoms with van der Waals surface area (Å²) in [6.07, 6.45) is 10.1. The number of aliphatic carboxylic acids is 1. The molecule has 0 aromatic rings. The number of carbonyl (C=O) groups is 2. The zero-order valence-electron chi connectivity index (χ0n) is 17.2. The lowest BCUT2D eigenvalue weighted by Crippen LogP contribution is -2.38. The van der Waals surface area contributed by atoms with Crippen molar-refractivity contribution in [2.24, 2.45) is 35.5 Å². The minimum Gasteiger partial charge on any atom is -0.481 e. The maximum absolute atomic E-state index is 11.6. The van der Waals surface area contributed by atoms with Crippen molar-refractivity contribution in [3.63, 3.8) is 0 Å². The predicted octanol–water partition coefficient (Wildman–Crippen LogP) is 3.96. The molecule has 0 aromatic carbocycles. The molecule has 1 fully saturated rings. The normalized spacial score (nSPS) is 38.9. The standard InChI is InChI=1S/C23H34O5/c1-13-8-16-5-4-14(2)20(7-6-19-11-18(24)12-21(25)28-19)22(16)17(9-13)10-15(3)23(26)27/h4-5,8,13-15,17-20,22,24H,6-7,9-12H2,1-3H3,(H,26,27)/t13?,14-,15-,17?,18+,19+,20-,22+/m0/s1. The molecule has 3 rings (SSSR count). The van der Waals surface area contributed by atoms with Crippen LogP contribution in [0.4, 0.5) is 0 Å². The number of rotatable bonds is 6. The van der Waals surface area contributed by atoms with Gasteiger partial charge >= 0.3 is 11.9 Å². The lowest BCUT2D eigenvalue weighted by atomic mass is 9.60. The van der Waals surface area contributed by atoms with Gasteiger partial charge in [0.2, 0.25) is 0 Å². The molecule has 28 heavy (non-hydrogen) atoms. The fraction of sp³-hybridized carbons (Fsp3) is 0.739. The summed E-state index contributed by atoms with van der Waals surface area (Å²) in [5, 5.41) is 19.3. The molecular formula is C23H34O5. The fourth-order valence-corrected chi connectivity index (χ4v) is 5.56. The molecule has 0 spiro atoms. The molecule has 3 aliphatic rings. The number of fused-ring (bicyclic) bond motifs is 1. The van der Waals surface area contributed by atoms with Crippen molar-refractivity contribution in [2.45, 2.75) is 71.5 Å². The Morgan fingerprint density at radius 3 is 2.71 bits per heavy atom. The number of carboxylic acids is 1. The fourth-order valence-electron chi connectivity index (χ4n) is 5.56. The topological polar surface area (TPSA) is 83.8 Å². The van der Waals surface area contributed by atoms with Crippen molar-refractivity contribution in [3.8, 4) is 0 Å². The molecule has 0 radical (unpaired) electrons. The number of ether oxygens (including phenoxy) is 1. The van der Waals surface area contributed by atoms with Crippen molar-refractivity contribution >= 4 is 11.9 Å². The maximum Gasteiger partial charge on any atom is 0.308 e. The van der Waals surface area contributed by atoms with Crippen LogP contribution in [-0.4, -0.2) is 34.4 Å². The number of aliphatic hydroxyl groups is 1. The second-order valence-electron chi connectivity index (χ2n) is 9.31. The summed E-state index contributed by atoms with van der Waals surface area (Å²) >= 11 is 0. The molecule has 0 aromatic heterocycles. The van der Waals surface area contributed by atoms with Crippen LogP contribution < -0.4 is 0 Å². The van der Waals surface area contributed by atoms with Crippen LogP contribution in [-0.2, 0) is 14.3 Å².